The zero-order valence-corrected chi connectivity index (χ0v) is 13.8. The van der Waals surface area contributed by atoms with E-state index in [9.17, 15) is 14.0 Å². The van der Waals surface area contributed by atoms with Crippen LogP contribution in [0.2, 0.25) is 5.02 Å². The van der Waals surface area contributed by atoms with E-state index in [0.29, 0.717) is 36.4 Å². The highest BCUT2D eigenvalue weighted by Gasteiger charge is 2.42. The van der Waals surface area contributed by atoms with Gasteiger partial charge in [-0.25, -0.2) is 4.39 Å². The lowest BCUT2D eigenvalue weighted by atomic mass is 10.1. The van der Waals surface area contributed by atoms with Crippen molar-refractivity contribution in [1.82, 2.24) is 9.88 Å². The van der Waals surface area contributed by atoms with Crippen LogP contribution in [0.1, 0.15) is 30.7 Å². The Labute approximate surface area is 144 Å². The zero-order chi connectivity index (χ0) is 17.1. The summed E-state index contributed by atoms with van der Waals surface area (Å²) in [7, 11) is 0. The number of aryl methyl sites for hydroxylation is 1. The third kappa shape index (κ3) is 3.85. The first-order chi connectivity index (χ1) is 11.6. The van der Waals surface area contributed by atoms with Crippen molar-refractivity contribution < 1.29 is 9.18 Å². The standard InChI is InChI=1S/C18H18ClFN2O2/c19-13-5-3-6-14(20)18(13)12-11-15(12)21-16(23)7-4-10-22-9-2-1-8-17(22)24/h1-3,5-6,8-9,12,15H,4,7,10-11H2,(H,21,23)/t12-,15-/m1/s1. The molecule has 1 amide bonds. The number of carbonyl (C=O) groups is 1. The largest absolute Gasteiger partial charge is 0.353 e. The molecule has 1 aromatic heterocycles. The van der Waals surface area contributed by atoms with Crippen LogP contribution in [0.15, 0.2) is 47.4 Å². The van der Waals surface area contributed by atoms with Crippen LogP contribution < -0.4 is 10.9 Å². The van der Waals surface area contributed by atoms with Crippen LogP contribution in [-0.2, 0) is 11.3 Å². The van der Waals surface area contributed by atoms with Gasteiger partial charge in [0.2, 0.25) is 11.5 Å². The summed E-state index contributed by atoms with van der Waals surface area (Å²) in [5, 5.41) is 3.31. The third-order valence-corrected chi connectivity index (χ3v) is 4.54. The quantitative estimate of drug-likeness (QED) is 0.872. The Hall–Kier alpha value is -2.14. The van der Waals surface area contributed by atoms with E-state index < -0.39 is 0 Å². The minimum atomic E-state index is -0.326. The molecule has 4 nitrogen and oxygen atoms in total. The van der Waals surface area contributed by atoms with Gasteiger partial charge in [0.15, 0.2) is 0 Å². The summed E-state index contributed by atoms with van der Waals surface area (Å²) in [5.41, 5.74) is 0.412. The number of carbonyl (C=O) groups excluding carboxylic acids is 1. The lowest BCUT2D eigenvalue weighted by Crippen LogP contribution is -2.27. The number of halogens is 2. The van der Waals surface area contributed by atoms with E-state index in [1.54, 1.807) is 35.0 Å². The second kappa shape index (κ2) is 7.18. The highest BCUT2D eigenvalue weighted by molar-refractivity contribution is 6.31. The van der Waals surface area contributed by atoms with Gasteiger partial charge in [0, 0.05) is 47.8 Å². The fourth-order valence-corrected chi connectivity index (χ4v) is 3.18. The molecule has 0 spiro atoms. The van der Waals surface area contributed by atoms with Crippen molar-refractivity contribution >= 4 is 17.5 Å². The molecule has 1 saturated carbocycles. The number of pyridine rings is 1. The fourth-order valence-electron chi connectivity index (χ4n) is 2.87. The number of hydrogen-bond donors (Lipinski definition) is 1. The van der Waals surface area contributed by atoms with Crippen LogP contribution in [-0.4, -0.2) is 16.5 Å². The molecular weight excluding hydrogens is 331 g/mol. The molecule has 0 bridgehead atoms. The molecule has 24 heavy (non-hydrogen) atoms. The maximum Gasteiger partial charge on any atom is 0.250 e. The second-order valence-corrected chi connectivity index (χ2v) is 6.39. The number of nitrogens with zero attached hydrogens (tertiary/aromatic N) is 1. The lowest BCUT2D eigenvalue weighted by molar-refractivity contribution is -0.121. The van der Waals surface area contributed by atoms with Crippen LogP contribution in [0.25, 0.3) is 0 Å². The Morgan fingerprint density at radius 3 is 2.88 bits per heavy atom. The van der Waals surface area contributed by atoms with Crippen molar-refractivity contribution in [3.8, 4) is 0 Å². The summed E-state index contributed by atoms with van der Waals surface area (Å²) in [6.45, 7) is 0.500. The first-order valence-corrected chi connectivity index (χ1v) is 8.33. The molecule has 3 rings (SSSR count). The van der Waals surface area contributed by atoms with Crippen LogP contribution >= 0.6 is 11.6 Å². The minimum absolute atomic E-state index is 0.0561. The number of aromatic nitrogens is 1. The third-order valence-electron chi connectivity index (χ3n) is 4.21. The number of rotatable bonds is 6. The lowest BCUT2D eigenvalue weighted by Gasteiger charge is -2.08. The number of nitrogens with one attached hydrogen (secondary N) is 1. The van der Waals surface area contributed by atoms with Crippen LogP contribution in [0.3, 0.4) is 0 Å². The molecule has 0 radical (unpaired) electrons. The van der Waals surface area contributed by atoms with Crippen molar-refractivity contribution in [2.75, 3.05) is 0 Å². The van der Waals surface area contributed by atoms with Crippen LogP contribution in [0.5, 0.6) is 0 Å². The van der Waals surface area contributed by atoms with Crippen molar-refractivity contribution in [1.29, 1.82) is 0 Å². The Balaban J connectivity index is 1.47. The summed E-state index contributed by atoms with van der Waals surface area (Å²) in [4.78, 5) is 23.6. The Bertz CT molecular complexity index is 785. The summed E-state index contributed by atoms with van der Waals surface area (Å²) in [6, 6.07) is 9.52. The molecule has 1 heterocycles. The van der Waals surface area contributed by atoms with E-state index in [4.69, 9.17) is 11.6 Å². The molecule has 0 aliphatic heterocycles. The molecule has 126 valence electrons. The summed E-state index contributed by atoms with van der Waals surface area (Å²) in [6.07, 6.45) is 3.31. The van der Waals surface area contributed by atoms with Gasteiger partial charge < -0.3 is 9.88 Å². The van der Waals surface area contributed by atoms with Gasteiger partial charge in [-0.15, -0.1) is 0 Å². The van der Waals surface area contributed by atoms with E-state index in [1.165, 1.54) is 12.1 Å². The van der Waals surface area contributed by atoms with Gasteiger partial charge >= 0.3 is 0 Å². The highest BCUT2D eigenvalue weighted by atomic mass is 35.5. The second-order valence-electron chi connectivity index (χ2n) is 5.99. The normalized spacial score (nSPS) is 19.1. The summed E-state index contributed by atoms with van der Waals surface area (Å²) in [5.74, 6) is -0.467. The molecule has 0 saturated heterocycles. The van der Waals surface area contributed by atoms with E-state index in [2.05, 4.69) is 5.32 Å². The van der Waals surface area contributed by atoms with Gasteiger partial charge in [0.05, 0.1) is 0 Å². The van der Waals surface area contributed by atoms with Crippen molar-refractivity contribution in [3.63, 3.8) is 0 Å². The Morgan fingerprint density at radius 2 is 2.12 bits per heavy atom. The van der Waals surface area contributed by atoms with Gasteiger partial charge in [-0.3, -0.25) is 9.59 Å². The fraction of sp³-hybridized carbons (Fsp3) is 0.333. The number of amides is 1. The van der Waals surface area contributed by atoms with Gasteiger partial charge in [0.1, 0.15) is 5.82 Å². The molecule has 1 N–H and O–H groups in total. The Morgan fingerprint density at radius 1 is 1.29 bits per heavy atom. The molecule has 1 aromatic carbocycles. The first kappa shape index (κ1) is 16.7. The van der Waals surface area contributed by atoms with E-state index in [1.807, 2.05) is 0 Å². The molecule has 1 fully saturated rings. The first-order valence-electron chi connectivity index (χ1n) is 7.95. The molecule has 1 aliphatic rings. The van der Waals surface area contributed by atoms with Crippen LogP contribution in [0.4, 0.5) is 4.39 Å². The molecule has 2 aromatic rings. The van der Waals surface area contributed by atoms with E-state index in [0.717, 1.165) is 0 Å². The molecule has 0 unspecified atom stereocenters. The van der Waals surface area contributed by atoms with Crippen LogP contribution in [0, 0.1) is 5.82 Å². The number of benzene rings is 1. The topological polar surface area (TPSA) is 51.1 Å². The SMILES string of the molecule is O=C(CCCn1ccccc1=O)N[C@@H]1C[C@H]1c1c(F)cccc1Cl. The maximum atomic E-state index is 13.9. The average Bonchev–Trinajstić information content (AvgIpc) is 3.27. The highest BCUT2D eigenvalue weighted by Crippen LogP contribution is 2.44. The predicted molar refractivity (Wildman–Crippen MR) is 90.6 cm³/mol. The summed E-state index contributed by atoms with van der Waals surface area (Å²) < 4.78 is 15.4. The molecular formula is C18H18ClFN2O2. The van der Waals surface area contributed by atoms with Gasteiger partial charge in [-0.05, 0) is 31.0 Å². The Kier molecular flexibility index (Phi) is 5.00. The maximum absolute atomic E-state index is 13.9. The minimum Gasteiger partial charge on any atom is -0.353 e. The average molecular weight is 349 g/mol. The molecule has 2 atom stereocenters. The predicted octanol–water partition coefficient (Wildman–Crippen LogP) is 3.09. The number of hydrogen-bond acceptors (Lipinski definition) is 2. The monoisotopic (exact) mass is 348 g/mol. The van der Waals surface area contributed by atoms with Crippen molar-refractivity contribution in [2.45, 2.75) is 37.8 Å². The van der Waals surface area contributed by atoms with E-state index >= 15 is 0 Å². The van der Waals surface area contributed by atoms with E-state index in [-0.39, 0.29) is 29.2 Å². The smallest absolute Gasteiger partial charge is 0.250 e. The van der Waals surface area contributed by atoms with Crippen molar-refractivity contribution in [2.24, 2.45) is 0 Å². The zero-order valence-electron chi connectivity index (χ0n) is 13.0. The van der Waals surface area contributed by atoms with Crippen molar-refractivity contribution in [3.05, 3.63) is 69.4 Å². The van der Waals surface area contributed by atoms with Gasteiger partial charge in [-0.1, -0.05) is 23.7 Å². The molecule has 6 heteroatoms. The van der Waals surface area contributed by atoms with Gasteiger partial charge in [0.25, 0.3) is 0 Å². The molecule has 1 aliphatic carbocycles. The van der Waals surface area contributed by atoms with Gasteiger partial charge in [-0.2, -0.15) is 0 Å². The summed E-state index contributed by atoms with van der Waals surface area (Å²) >= 11 is 6.05.